The normalized spacial score (nSPS) is 11.7. The molecular weight excluding hydrogens is 268 g/mol. The van der Waals surface area contributed by atoms with Gasteiger partial charge in [0.2, 0.25) is 5.91 Å². The molecule has 0 spiro atoms. The number of furan rings is 1. The first kappa shape index (κ1) is 14.8. The van der Waals surface area contributed by atoms with Crippen LogP contribution in [0.15, 0.2) is 47.1 Å². The quantitative estimate of drug-likeness (QED) is 0.883. The number of anilines is 2. The van der Waals surface area contributed by atoms with E-state index in [2.05, 4.69) is 10.6 Å². The molecule has 2 amide bonds. The average Bonchev–Trinajstić information content (AvgIpc) is 3.02. The van der Waals surface area contributed by atoms with Gasteiger partial charge in [-0.15, -0.1) is 0 Å². The van der Waals surface area contributed by atoms with E-state index in [0.717, 1.165) is 6.42 Å². The summed E-state index contributed by atoms with van der Waals surface area (Å²) in [6.07, 6.45) is 2.24. The number of rotatable bonds is 5. The molecule has 1 aromatic heterocycles. The van der Waals surface area contributed by atoms with E-state index < -0.39 is 0 Å². The summed E-state index contributed by atoms with van der Waals surface area (Å²) < 4.78 is 5.01. The zero-order valence-electron chi connectivity index (χ0n) is 12.1. The van der Waals surface area contributed by atoms with E-state index in [-0.39, 0.29) is 23.5 Å². The van der Waals surface area contributed by atoms with Crippen LogP contribution in [0.4, 0.5) is 11.4 Å². The van der Waals surface area contributed by atoms with Gasteiger partial charge >= 0.3 is 0 Å². The molecule has 0 aliphatic rings. The summed E-state index contributed by atoms with van der Waals surface area (Å²) in [6.45, 7) is 3.85. The second kappa shape index (κ2) is 6.74. The fourth-order valence-corrected chi connectivity index (χ4v) is 1.69. The fraction of sp³-hybridized carbons (Fsp3) is 0.250. The smallest absolute Gasteiger partial charge is 0.291 e. The van der Waals surface area contributed by atoms with Crippen LogP contribution in [0, 0.1) is 5.92 Å². The molecule has 2 N–H and O–H groups in total. The molecule has 1 heterocycles. The van der Waals surface area contributed by atoms with E-state index in [0.29, 0.717) is 11.4 Å². The highest BCUT2D eigenvalue weighted by Gasteiger charge is 2.11. The molecule has 0 fully saturated rings. The van der Waals surface area contributed by atoms with Gasteiger partial charge in [0.15, 0.2) is 5.76 Å². The van der Waals surface area contributed by atoms with Crippen molar-refractivity contribution in [2.45, 2.75) is 20.3 Å². The van der Waals surface area contributed by atoms with Crippen LogP contribution in [0.3, 0.4) is 0 Å². The van der Waals surface area contributed by atoms with Crippen molar-refractivity contribution in [2.24, 2.45) is 5.92 Å². The van der Waals surface area contributed by atoms with Gasteiger partial charge in [0.25, 0.3) is 5.91 Å². The van der Waals surface area contributed by atoms with Gasteiger partial charge in [0, 0.05) is 17.3 Å². The molecule has 1 aromatic carbocycles. The van der Waals surface area contributed by atoms with Gasteiger partial charge in [0.05, 0.1) is 6.26 Å². The lowest BCUT2D eigenvalue weighted by atomic mass is 10.1. The standard InChI is InChI=1S/C16H18N2O3/c1-3-11(2)15(19)17-12-6-8-13(9-7-12)18-16(20)14-5-4-10-21-14/h4-11H,3H2,1-2H3,(H,17,19)(H,18,20)/t11-/m1/s1. The highest BCUT2D eigenvalue weighted by Crippen LogP contribution is 2.16. The molecule has 0 aliphatic heterocycles. The zero-order valence-corrected chi connectivity index (χ0v) is 12.1. The first-order chi connectivity index (χ1) is 10.1. The number of hydrogen-bond acceptors (Lipinski definition) is 3. The molecule has 0 unspecified atom stereocenters. The molecule has 5 heteroatoms. The first-order valence-electron chi connectivity index (χ1n) is 6.86. The predicted octanol–water partition coefficient (Wildman–Crippen LogP) is 3.52. The summed E-state index contributed by atoms with van der Waals surface area (Å²) >= 11 is 0. The van der Waals surface area contributed by atoms with Crippen molar-refractivity contribution in [1.29, 1.82) is 0 Å². The van der Waals surface area contributed by atoms with E-state index in [9.17, 15) is 9.59 Å². The molecule has 0 aliphatic carbocycles. The largest absolute Gasteiger partial charge is 0.459 e. The number of carbonyl (C=O) groups excluding carboxylic acids is 2. The third-order valence-corrected chi connectivity index (χ3v) is 3.22. The fourth-order valence-electron chi connectivity index (χ4n) is 1.69. The maximum absolute atomic E-state index is 11.8. The van der Waals surface area contributed by atoms with Gasteiger partial charge in [0.1, 0.15) is 0 Å². The summed E-state index contributed by atoms with van der Waals surface area (Å²) in [5.41, 5.74) is 1.34. The Labute approximate surface area is 123 Å². The third kappa shape index (κ3) is 3.95. The average molecular weight is 286 g/mol. The van der Waals surface area contributed by atoms with E-state index in [4.69, 9.17) is 4.42 Å². The highest BCUT2D eigenvalue weighted by atomic mass is 16.3. The lowest BCUT2D eigenvalue weighted by Crippen LogP contribution is -2.19. The maximum Gasteiger partial charge on any atom is 0.291 e. The molecule has 5 nitrogen and oxygen atoms in total. The first-order valence-corrected chi connectivity index (χ1v) is 6.86. The van der Waals surface area contributed by atoms with Crippen LogP contribution >= 0.6 is 0 Å². The Morgan fingerprint density at radius 3 is 2.24 bits per heavy atom. The molecule has 0 saturated heterocycles. The van der Waals surface area contributed by atoms with E-state index in [1.54, 1.807) is 36.4 Å². The monoisotopic (exact) mass is 286 g/mol. The number of amides is 2. The van der Waals surface area contributed by atoms with E-state index in [1.807, 2.05) is 13.8 Å². The number of carbonyl (C=O) groups is 2. The number of hydrogen-bond donors (Lipinski definition) is 2. The van der Waals surface area contributed by atoms with Crippen molar-refractivity contribution < 1.29 is 14.0 Å². The Hall–Kier alpha value is -2.56. The Bertz CT molecular complexity index is 603. The minimum Gasteiger partial charge on any atom is -0.459 e. The molecule has 110 valence electrons. The summed E-state index contributed by atoms with van der Waals surface area (Å²) in [7, 11) is 0. The van der Waals surface area contributed by atoms with Crippen LogP contribution in [0.5, 0.6) is 0 Å². The topological polar surface area (TPSA) is 71.3 Å². The van der Waals surface area contributed by atoms with E-state index >= 15 is 0 Å². The molecule has 21 heavy (non-hydrogen) atoms. The summed E-state index contributed by atoms with van der Waals surface area (Å²) in [5, 5.41) is 5.54. The molecule has 1 atom stereocenters. The molecule has 2 rings (SSSR count). The predicted molar refractivity (Wildman–Crippen MR) is 81.2 cm³/mol. The third-order valence-electron chi connectivity index (χ3n) is 3.22. The molecule has 0 bridgehead atoms. The van der Waals surface area contributed by atoms with E-state index in [1.165, 1.54) is 6.26 Å². The van der Waals surface area contributed by atoms with Crippen LogP contribution in [0.1, 0.15) is 30.8 Å². The number of benzene rings is 1. The summed E-state index contributed by atoms with van der Waals surface area (Å²) in [6, 6.07) is 10.2. The van der Waals surface area contributed by atoms with Crippen LogP contribution < -0.4 is 10.6 Å². The highest BCUT2D eigenvalue weighted by molar-refractivity contribution is 6.02. The second-order valence-corrected chi connectivity index (χ2v) is 4.81. The van der Waals surface area contributed by atoms with Gasteiger partial charge in [-0.3, -0.25) is 9.59 Å². The summed E-state index contributed by atoms with van der Waals surface area (Å²) in [5.74, 6) is -0.0891. The Kier molecular flexibility index (Phi) is 4.77. The van der Waals surface area contributed by atoms with Crippen LogP contribution in [0.2, 0.25) is 0 Å². The van der Waals surface area contributed by atoms with Gasteiger partial charge in [-0.2, -0.15) is 0 Å². The molecular formula is C16H18N2O3. The van der Waals surface area contributed by atoms with Gasteiger partial charge in [-0.1, -0.05) is 13.8 Å². The molecule has 0 saturated carbocycles. The number of nitrogens with one attached hydrogen (secondary N) is 2. The van der Waals surface area contributed by atoms with Crippen LogP contribution in [-0.2, 0) is 4.79 Å². The minimum atomic E-state index is -0.309. The lowest BCUT2D eigenvalue weighted by Gasteiger charge is -2.10. The van der Waals surface area contributed by atoms with Crippen molar-refractivity contribution in [1.82, 2.24) is 0 Å². The van der Waals surface area contributed by atoms with Crippen molar-refractivity contribution in [3.63, 3.8) is 0 Å². The Morgan fingerprint density at radius 2 is 1.71 bits per heavy atom. The van der Waals surface area contributed by atoms with Gasteiger partial charge in [-0.05, 0) is 42.8 Å². The van der Waals surface area contributed by atoms with Crippen molar-refractivity contribution in [2.75, 3.05) is 10.6 Å². The maximum atomic E-state index is 11.8. The van der Waals surface area contributed by atoms with Crippen molar-refractivity contribution in [3.05, 3.63) is 48.4 Å². The second-order valence-electron chi connectivity index (χ2n) is 4.81. The molecule has 2 aromatic rings. The lowest BCUT2D eigenvalue weighted by molar-refractivity contribution is -0.119. The van der Waals surface area contributed by atoms with Gasteiger partial charge < -0.3 is 15.1 Å². The zero-order chi connectivity index (χ0) is 15.2. The molecule has 0 radical (unpaired) electrons. The Morgan fingerprint density at radius 1 is 1.10 bits per heavy atom. The minimum absolute atomic E-state index is 0.00938. The summed E-state index contributed by atoms with van der Waals surface area (Å²) in [4.78, 5) is 23.6. The SMILES string of the molecule is CC[C@@H](C)C(=O)Nc1ccc(NC(=O)c2ccco2)cc1. The van der Waals surface area contributed by atoms with Crippen molar-refractivity contribution >= 4 is 23.2 Å². The Balaban J connectivity index is 1.96. The van der Waals surface area contributed by atoms with Crippen LogP contribution in [0.25, 0.3) is 0 Å². The van der Waals surface area contributed by atoms with Gasteiger partial charge in [-0.25, -0.2) is 0 Å². The van der Waals surface area contributed by atoms with Crippen LogP contribution in [-0.4, -0.2) is 11.8 Å². The van der Waals surface area contributed by atoms with Crippen molar-refractivity contribution in [3.8, 4) is 0 Å².